The summed E-state index contributed by atoms with van der Waals surface area (Å²) in [6, 6.07) is -0.196. The Morgan fingerprint density at radius 3 is 2.57 bits per heavy atom. The van der Waals surface area contributed by atoms with Crippen molar-refractivity contribution in [2.24, 2.45) is 5.92 Å². The molecule has 0 spiro atoms. The number of aromatic nitrogens is 2. The molecule has 1 heterocycles. The fraction of sp³-hybridized carbons (Fsp3) is 0.667. The molecular weight excluding hydrogens is 268 g/mol. The number of anilines is 1. The first-order valence-electron chi connectivity index (χ1n) is 7.34. The van der Waals surface area contributed by atoms with Gasteiger partial charge in [0.05, 0.1) is 17.3 Å². The lowest BCUT2D eigenvalue weighted by atomic mass is 9.95. The fourth-order valence-electron chi connectivity index (χ4n) is 2.16. The molecule has 0 saturated heterocycles. The van der Waals surface area contributed by atoms with E-state index in [4.69, 9.17) is 5.73 Å². The maximum Gasteiger partial charge on any atom is 0.220 e. The second-order valence-electron chi connectivity index (χ2n) is 5.47. The zero-order valence-electron chi connectivity index (χ0n) is 13.4. The van der Waals surface area contributed by atoms with Crippen LogP contribution in [0.1, 0.15) is 56.1 Å². The molecule has 0 saturated carbocycles. The molecule has 0 aliphatic heterocycles. The van der Waals surface area contributed by atoms with Gasteiger partial charge in [0, 0.05) is 6.20 Å². The Kier molecular flexibility index (Phi) is 8.73. The standard InChI is InChI=1S/C15H26N4O.H2O/c1-5-6-7-8-17-13(10(2)3)14(20)12-9-18-15(16)19-11(12)4;/h9-10,13,17H,5-8H2,1-4H3,(H2,16,18,19);1H2. The minimum atomic E-state index is -0.196. The smallest absolute Gasteiger partial charge is 0.220 e. The normalized spacial score (nSPS) is 12.0. The Labute approximate surface area is 126 Å². The molecule has 0 aliphatic carbocycles. The molecule has 0 bridgehead atoms. The van der Waals surface area contributed by atoms with Crippen molar-refractivity contribution in [2.45, 2.75) is 53.0 Å². The summed E-state index contributed by atoms with van der Waals surface area (Å²) in [6.07, 6.45) is 4.97. The Bertz CT molecular complexity index is 449. The largest absolute Gasteiger partial charge is 0.412 e. The van der Waals surface area contributed by atoms with Crippen molar-refractivity contribution in [3.8, 4) is 0 Å². The molecular formula is C15H28N4O2. The molecule has 6 heteroatoms. The van der Waals surface area contributed by atoms with E-state index < -0.39 is 0 Å². The number of nitrogen functional groups attached to an aromatic ring is 1. The van der Waals surface area contributed by atoms with E-state index in [2.05, 4.69) is 22.2 Å². The van der Waals surface area contributed by atoms with Crippen molar-refractivity contribution >= 4 is 11.7 Å². The van der Waals surface area contributed by atoms with E-state index in [-0.39, 0.29) is 29.2 Å². The van der Waals surface area contributed by atoms with Gasteiger partial charge in [-0.25, -0.2) is 9.97 Å². The van der Waals surface area contributed by atoms with E-state index in [0.717, 1.165) is 13.0 Å². The first-order valence-corrected chi connectivity index (χ1v) is 7.34. The summed E-state index contributed by atoms with van der Waals surface area (Å²) in [5.41, 5.74) is 6.73. The van der Waals surface area contributed by atoms with Crippen LogP contribution in [0.25, 0.3) is 0 Å². The van der Waals surface area contributed by atoms with Crippen LogP contribution in [0.15, 0.2) is 6.20 Å². The summed E-state index contributed by atoms with van der Waals surface area (Å²) < 4.78 is 0. The van der Waals surface area contributed by atoms with E-state index >= 15 is 0 Å². The maximum atomic E-state index is 12.6. The van der Waals surface area contributed by atoms with E-state index in [0.29, 0.717) is 11.3 Å². The predicted molar refractivity (Wildman–Crippen MR) is 85.3 cm³/mol. The number of nitrogens with zero attached hydrogens (tertiary/aromatic N) is 2. The first-order chi connectivity index (χ1) is 9.47. The molecule has 0 fully saturated rings. The average Bonchev–Trinajstić information content (AvgIpc) is 2.37. The summed E-state index contributed by atoms with van der Waals surface area (Å²) in [5, 5.41) is 3.36. The number of unbranched alkanes of at least 4 members (excludes halogenated alkanes) is 2. The summed E-state index contributed by atoms with van der Waals surface area (Å²) in [4.78, 5) is 20.6. The molecule has 1 aromatic rings. The number of hydrogen-bond acceptors (Lipinski definition) is 5. The van der Waals surface area contributed by atoms with Crippen LogP contribution in [-0.2, 0) is 0 Å². The number of rotatable bonds is 8. The molecule has 1 unspecified atom stereocenters. The van der Waals surface area contributed by atoms with Crippen LogP contribution in [0.3, 0.4) is 0 Å². The fourth-order valence-corrected chi connectivity index (χ4v) is 2.16. The number of aryl methyl sites for hydroxylation is 1. The number of carbonyl (C=O) groups is 1. The molecule has 6 nitrogen and oxygen atoms in total. The van der Waals surface area contributed by atoms with Crippen LogP contribution in [0.4, 0.5) is 5.95 Å². The molecule has 1 rings (SSSR count). The molecule has 0 amide bonds. The van der Waals surface area contributed by atoms with Crippen LogP contribution < -0.4 is 11.1 Å². The SMILES string of the molecule is CCCCCNC(C(=O)c1cnc(N)nc1C)C(C)C.O. The highest BCUT2D eigenvalue weighted by molar-refractivity contribution is 6.01. The van der Waals surface area contributed by atoms with Gasteiger partial charge in [-0.05, 0) is 25.8 Å². The Hall–Kier alpha value is -1.53. The number of nitrogens with one attached hydrogen (secondary N) is 1. The van der Waals surface area contributed by atoms with Gasteiger partial charge >= 0.3 is 0 Å². The third-order valence-corrected chi connectivity index (χ3v) is 3.36. The van der Waals surface area contributed by atoms with Crippen LogP contribution in [-0.4, -0.2) is 33.8 Å². The number of carbonyl (C=O) groups excluding carboxylic acids is 1. The highest BCUT2D eigenvalue weighted by Gasteiger charge is 2.24. The number of ketones is 1. The highest BCUT2D eigenvalue weighted by atomic mass is 16.1. The Morgan fingerprint density at radius 2 is 2.05 bits per heavy atom. The number of hydrogen-bond donors (Lipinski definition) is 2. The van der Waals surface area contributed by atoms with E-state index in [1.807, 2.05) is 13.8 Å². The van der Waals surface area contributed by atoms with Crippen LogP contribution in [0.2, 0.25) is 0 Å². The summed E-state index contributed by atoms with van der Waals surface area (Å²) in [6.45, 7) is 8.91. The highest BCUT2D eigenvalue weighted by Crippen LogP contribution is 2.13. The van der Waals surface area contributed by atoms with Crippen molar-refractivity contribution in [3.63, 3.8) is 0 Å². The number of nitrogens with two attached hydrogens (primary N) is 1. The van der Waals surface area contributed by atoms with Gasteiger partial charge in [-0.15, -0.1) is 0 Å². The van der Waals surface area contributed by atoms with Gasteiger partial charge in [-0.3, -0.25) is 4.79 Å². The van der Waals surface area contributed by atoms with Gasteiger partial charge in [0.15, 0.2) is 5.78 Å². The van der Waals surface area contributed by atoms with Gasteiger partial charge in [0.2, 0.25) is 5.95 Å². The van der Waals surface area contributed by atoms with Crippen molar-refractivity contribution in [1.29, 1.82) is 0 Å². The monoisotopic (exact) mass is 296 g/mol. The van der Waals surface area contributed by atoms with Gasteiger partial charge in [0.1, 0.15) is 0 Å². The van der Waals surface area contributed by atoms with Gasteiger partial charge in [-0.1, -0.05) is 33.6 Å². The quantitative estimate of drug-likeness (QED) is 0.558. The maximum absolute atomic E-state index is 12.6. The Balaban J connectivity index is 0.00000400. The lowest BCUT2D eigenvalue weighted by Crippen LogP contribution is -2.42. The minimum absolute atomic E-state index is 0. The zero-order valence-corrected chi connectivity index (χ0v) is 13.4. The van der Waals surface area contributed by atoms with Crippen molar-refractivity contribution < 1.29 is 10.3 Å². The second-order valence-corrected chi connectivity index (χ2v) is 5.47. The van der Waals surface area contributed by atoms with Crippen LogP contribution >= 0.6 is 0 Å². The molecule has 5 N–H and O–H groups in total. The van der Waals surface area contributed by atoms with E-state index in [1.54, 1.807) is 6.92 Å². The average molecular weight is 296 g/mol. The summed E-state index contributed by atoms with van der Waals surface area (Å²) >= 11 is 0. The van der Waals surface area contributed by atoms with Crippen molar-refractivity contribution in [1.82, 2.24) is 15.3 Å². The van der Waals surface area contributed by atoms with Crippen LogP contribution in [0, 0.1) is 12.8 Å². The van der Waals surface area contributed by atoms with Crippen LogP contribution in [0.5, 0.6) is 0 Å². The topological polar surface area (TPSA) is 112 Å². The van der Waals surface area contributed by atoms with Gasteiger partial charge in [-0.2, -0.15) is 0 Å². The second kappa shape index (κ2) is 9.41. The molecule has 1 aromatic heterocycles. The summed E-state index contributed by atoms with van der Waals surface area (Å²) in [7, 11) is 0. The van der Waals surface area contributed by atoms with E-state index in [1.165, 1.54) is 19.0 Å². The summed E-state index contributed by atoms with van der Waals surface area (Å²) in [5.74, 6) is 0.478. The zero-order chi connectivity index (χ0) is 15.1. The molecule has 120 valence electrons. The predicted octanol–water partition coefficient (Wildman–Crippen LogP) is 1.53. The lowest BCUT2D eigenvalue weighted by Gasteiger charge is -2.21. The van der Waals surface area contributed by atoms with E-state index in [9.17, 15) is 4.79 Å². The Morgan fingerprint density at radius 1 is 1.38 bits per heavy atom. The third kappa shape index (κ3) is 5.77. The lowest BCUT2D eigenvalue weighted by molar-refractivity contribution is 0.0915. The molecule has 1 atom stereocenters. The molecule has 0 aliphatic rings. The van der Waals surface area contributed by atoms with Gasteiger partial charge < -0.3 is 16.5 Å². The van der Waals surface area contributed by atoms with Crippen molar-refractivity contribution in [2.75, 3.05) is 12.3 Å². The third-order valence-electron chi connectivity index (χ3n) is 3.36. The number of Topliss-reactive ketones (excluding diaryl/α,β-unsaturated/α-hetero) is 1. The molecule has 0 radical (unpaired) electrons. The first kappa shape index (κ1) is 19.5. The van der Waals surface area contributed by atoms with Gasteiger partial charge in [0.25, 0.3) is 0 Å². The molecule has 21 heavy (non-hydrogen) atoms. The minimum Gasteiger partial charge on any atom is -0.412 e. The van der Waals surface area contributed by atoms with Crippen molar-refractivity contribution in [3.05, 3.63) is 17.5 Å². The molecule has 0 aromatic carbocycles.